The molecule has 38 N–H and O–H groups in total. The van der Waals surface area contributed by atoms with Crippen LogP contribution in [0.4, 0.5) is 0 Å². The minimum Gasteiger partial charge on any atom is -0.480 e. The number of H-pyrrole nitrogens is 1. The summed E-state index contributed by atoms with van der Waals surface area (Å²) in [6.07, 6.45) is 7.05. The molecule has 1 heterocycles. The monoisotopic (exact) mass is 1430 g/mol. The number of nitrogens with two attached hydrogens (primary N) is 13. The molecule has 96 heavy (non-hydrogen) atoms. The first-order valence-electron chi connectivity index (χ1n) is 29.1. The van der Waals surface area contributed by atoms with Crippen LogP contribution in [-0.4, -0.2) is 231 Å². The number of para-hydroxylation sites is 1. The summed E-state index contributed by atoms with van der Waals surface area (Å²) in [4.78, 5) is 123. The Balaban J connectivity index is -0.000000126. The third-order valence-corrected chi connectivity index (χ3v) is 12.0. The summed E-state index contributed by atoms with van der Waals surface area (Å²) in [6.45, 7) is 14.7. The highest BCUT2D eigenvalue weighted by atomic mass is 32.1. The van der Waals surface area contributed by atoms with E-state index in [1.165, 1.54) is 0 Å². The van der Waals surface area contributed by atoms with Crippen LogP contribution in [0.1, 0.15) is 106 Å². The maximum atomic E-state index is 10.6. The van der Waals surface area contributed by atoms with Crippen LogP contribution in [0, 0.1) is 23.7 Å². The molecule has 1 aromatic heterocycles. The van der Waals surface area contributed by atoms with Gasteiger partial charge in [0.1, 0.15) is 61.0 Å². The molecule has 562 valence electrons. The van der Waals surface area contributed by atoms with Gasteiger partial charge in [0.05, 0.1) is 19.6 Å². The number of carbonyl (C=O) groups is 12. The zero-order valence-electron chi connectivity index (χ0n) is 55.6. The molecule has 0 fully saturated rings. The van der Waals surface area contributed by atoms with Gasteiger partial charge in [-0.25, -0.2) is 0 Å². The molecule has 0 amide bonds. The molecule has 38 nitrogen and oxygen atoms in total. The number of nitrogens with one attached hydrogen (secondary N) is 1. The molecular formula is C56H112N14O24S2. The minimum absolute atomic E-state index is 0.0718. The third-order valence-electron chi connectivity index (χ3n) is 11.2. The van der Waals surface area contributed by atoms with E-state index in [1.54, 1.807) is 0 Å². The van der Waals surface area contributed by atoms with E-state index in [9.17, 15) is 57.5 Å². The van der Waals surface area contributed by atoms with Crippen LogP contribution >= 0.6 is 25.3 Å². The lowest BCUT2D eigenvalue weighted by molar-refractivity contribution is -0.147. The summed E-state index contributed by atoms with van der Waals surface area (Å²) >= 11 is 7.30. The third kappa shape index (κ3) is 74.0. The molecule has 0 aliphatic heterocycles. The predicted octanol–water partition coefficient (Wildman–Crippen LogP) is -2.96. The number of thiol groups is 2. The van der Waals surface area contributed by atoms with Gasteiger partial charge in [-0.05, 0) is 67.5 Å². The highest BCUT2D eigenvalue weighted by Crippen LogP contribution is 2.18. The van der Waals surface area contributed by atoms with Gasteiger partial charge in [0.15, 0.2) is 0 Å². The van der Waals surface area contributed by atoms with Crippen LogP contribution in [0.5, 0.6) is 0 Å². The van der Waals surface area contributed by atoms with Gasteiger partial charge in [-0.2, -0.15) is 25.3 Å². The van der Waals surface area contributed by atoms with Crippen LogP contribution in [0.15, 0.2) is 30.5 Å². The number of carboxylic acids is 11. The molecule has 40 heteroatoms. The molecule has 0 aliphatic carbocycles. The molecule has 2 rings (SSSR count). The Morgan fingerprint density at radius 2 is 0.771 bits per heavy atom. The number of esters is 1. The van der Waals surface area contributed by atoms with E-state index in [0.29, 0.717) is 44.1 Å². The topological polar surface area (TPSA) is 791 Å². The molecule has 0 aliphatic rings. The summed E-state index contributed by atoms with van der Waals surface area (Å²) in [5, 5.41) is 90.8. The Kier molecular flexibility index (Phi) is 75.5. The molecule has 0 spiro atoms. The second-order valence-electron chi connectivity index (χ2n) is 20.7. The average Bonchev–Trinajstić information content (AvgIpc) is 1.70. The second-order valence-corrected chi connectivity index (χ2v) is 21.4. The number of ether oxygens (including phenoxy) is 1. The number of benzene rings is 1. The van der Waals surface area contributed by atoms with Crippen LogP contribution in [0.2, 0.25) is 0 Å². The van der Waals surface area contributed by atoms with Crippen LogP contribution in [-0.2, 0) is 68.7 Å². The van der Waals surface area contributed by atoms with Crippen LogP contribution in [0.25, 0.3) is 10.9 Å². The van der Waals surface area contributed by atoms with E-state index in [4.69, 9.17) is 119 Å². The Bertz CT molecular complexity index is 2370. The van der Waals surface area contributed by atoms with Crippen molar-refractivity contribution < 1.29 is 118 Å². The first kappa shape index (κ1) is 107. The molecule has 0 bridgehead atoms. The first-order valence-corrected chi connectivity index (χ1v) is 30.4. The lowest BCUT2D eigenvalue weighted by Gasteiger charge is -2.11. The zero-order chi connectivity index (χ0) is 77.7. The fourth-order valence-corrected chi connectivity index (χ4v) is 5.25. The highest BCUT2D eigenvalue weighted by Gasteiger charge is 2.19. The second kappa shape index (κ2) is 67.6. The fraction of sp³-hybridized carbons (Fsp3) is 0.643. The number of carboxylic acid groups (broad SMARTS) is 11. The van der Waals surface area contributed by atoms with E-state index in [2.05, 4.69) is 46.4 Å². The maximum absolute atomic E-state index is 10.6. The number of aromatic amines is 1. The smallest absolute Gasteiger partial charge is 0.324 e. The molecule has 0 radical (unpaired) electrons. The molecule has 0 unspecified atom stereocenters. The van der Waals surface area contributed by atoms with E-state index in [1.807, 2.05) is 85.9 Å². The first-order chi connectivity index (χ1) is 44.1. The Hall–Kier alpha value is -7.42. The van der Waals surface area contributed by atoms with Crippen molar-refractivity contribution in [3.8, 4) is 0 Å². The van der Waals surface area contributed by atoms with Crippen molar-refractivity contribution in [2.75, 3.05) is 44.3 Å². The molecular weight excluding hydrogens is 1320 g/mol. The Morgan fingerprint density at radius 3 is 0.990 bits per heavy atom. The van der Waals surface area contributed by atoms with Crippen molar-refractivity contribution in [1.82, 2.24) is 4.98 Å². The van der Waals surface area contributed by atoms with Gasteiger partial charge in [-0.1, -0.05) is 92.9 Å². The van der Waals surface area contributed by atoms with E-state index in [0.717, 1.165) is 42.1 Å². The van der Waals surface area contributed by atoms with Gasteiger partial charge in [0.2, 0.25) is 0 Å². The summed E-state index contributed by atoms with van der Waals surface area (Å²) < 4.78 is 4.34. The van der Waals surface area contributed by atoms with Crippen molar-refractivity contribution in [2.45, 2.75) is 161 Å². The van der Waals surface area contributed by atoms with Crippen molar-refractivity contribution in [2.24, 2.45) is 98.2 Å². The van der Waals surface area contributed by atoms with Gasteiger partial charge < -0.3 is 140 Å². The number of hydrogen-bond donors (Lipinski definition) is 27. The summed E-state index contributed by atoms with van der Waals surface area (Å²) in [6, 6.07) is 0.611. The molecule has 0 saturated carbocycles. The van der Waals surface area contributed by atoms with Gasteiger partial charge in [0, 0.05) is 35.0 Å². The zero-order valence-corrected chi connectivity index (χ0v) is 57.4. The Morgan fingerprint density at radius 1 is 0.448 bits per heavy atom. The van der Waals surface area contributed by atoms with E-state index in [-0.39, 0.29) is 49.6 Å². The van der Waals surface area contributed by atoms with Crippen molar-refractivity contribution >= 4 is 108 Å². The van der Waals surface area contributed by atoms with Crippen LogP contribution in [0.3, 0.4) is 0 Å². The molecule has 2 aromatic rings. The maximum Gasteiger partial charge on any atom is 0.324 e. The SMILES string of the molecule is CC(C)C[C@H](N)C(=O)O.CC(C)C[C@H](N)C(=O)O.CC[C@H](C)[C@H](N)C(=O)O.CC[C@H](C)[C@H](N)C(=O)O.NCC(=O)O.NCC(=O)O.NCC(=O)OC[C@H](N)C(=O)O.NCCCC[C@H](N)C(=O)O.N[C@@H](CS)C(=O)O.N[C@@H](CS)C(=O)O.N[C@@H](Cc1c[nH]c2ccccc12)C(=O)O. The van der Waals surface area contributed by atoms with Crippen molar-refractivity contribution in [1.29, 1.82) is 0 Å². The number of aromatic nitrogens is 1. The van der Waals surface area contributed by atoms with E-state index >= 15 is 0 Å². The number of hydrogen-bond acceptors (Lipinski definition) is 28. The lowest BCUT2D eigenvalue weighted by atomic mass is 10.0. The fourth-order valence-electron chi connectivity index (χ4n) is 4.94. The number of unbranched alkanes of at least 4 members (excludes halogenated alkanes) is 1. The van der Waals surface area contributed by atoms with Gasteiger partial charge in [0.25, 0.3) is 0 Å². The van der Waals surface area contributed by atoms with Gasteiger partial charge >= 0.3 is 71.6 Å². The number of aliphatic carboxylic acids is 11. The predicted molar refractivity (Wildman–Crippen MR) is 364 cm³/mol. The van der Waals surface area contributed by atoms with Crippen LogP contribution < -0.4 is 74.5 Å². The minimum atomic E-state index is -1.21. The standard InChI is InChI=1S/C11H12N2O2.C6H14N2O2.4C6H13NO2.C5H10N2O4.2C3H7NO2S.2C2H5NO2/c12-9(11(14)15)5-7-6-13-10-4-2-1-3-8(7)10;7-4-2-1-3-5(8)6(9)10;2*1-4(2)3-5(7)6(8)9;2*1-3-4(2)5(7)6(8)9;6-1-4(8)11-2-3(7)5(9)10;2*4-2(1-7)3(5)6;2*3-1-2(4)5/h1-4,6,9,13H,5,12H2,(H,14,15);5H,1-4,7-8H2,(H,9,10);4*4-5H,3,7H2,1-2H3,(H,8,9);3H,1-2,6-7H2,(H,9,10);2*2,7H,1,4H2,(H,5,6);2*1,3H2,(H,4,5)/t9-;3*5-;2*4-,5-;3-;2*2-;;/m000000000../s1. The quantitative estimate of drug-likeness (QED) is 0.0211. The molecule has 1 aromatic carbocycles. The van der Waals surface area contributed by atoms with E-state index < -0.39 is 126 Å². The largest absolute Gasteiger partial charge is 0.480 e. The normalized spacial score (nSPS) is 13.2. The van der Waals surface area contributed by atoms with Gasteiger partial charge in [-0.3, -0.25) is 57.5 Å². The number of carbonyl (C=O) groups excluding carboxylic acids is 1. The van der Waals surface area contributed by atoms with Crippen molar-refractivity contribution in [3.63, 3.8) is 0 Å². The average molecular weight is 1430 g/mol. The summed E-state index contributed by atoms with van der Waals surface area (Å²) in [5.74, 6) is -10.1. The Labute approximate surface area is 568 Å². The number of fused-ring (bicyclic) bond motifs is 1. The lowest BCUT2D eigenvalue weighted by Crippen LogP contribution is -2.36. The molecule has 11 atom stereocenters. The highest BCUT2D eigenvalue weighted by molar-refractivity contribution is 7.80. The van der Waals surface area contributed by atoms with Crippen molar-refractivity contribution in [3.05, 3.63) is 36.0 Å². The molecule has 0 saturated heterocycles. The van der Waals surface area contributed by atoms with Gasteiger partial charge in [-0.15, -0.1) is 0 Å². The number of rotatable bonds is 30. The summed E-state index contributed by atoms with van der Waals surface area (Å²) in [7, 11) is 0. The summed E-state index contributed by atoms with van der Waals surface area (Å²) in [5.41, 5.74) is 67.7.